The molecule has 2 aromatic heterocycles. The van der Waals surface area contributed by atoms with Crippen molar-refractivity contribution in [1.29, 1.82) is 0 Å². The Hall–Kier alpha value is -2.37. The first-order chi connectivity index (χ1) is 8.06. The minimum absolute atomic E-state index is 0.126. The van der Waals surface area contributed by atoms with Gasteiger partial charge in [-0.2, -0.15) is 5.10 Å². The Balaban J connectivity index is 2.37. The molecule has 0 unspecified atom stereocenters. The van der Waals surface area contributed by atoms with E-state index in [0.717, 1.165) is 5.69 Å². The van der Waals surface area contributed by atoms with Crippen molar-refractivity contribution in [1.82, 2.24) is 14.8 Å². The molecule has 0 spiro atoms. The Kier molecular flexibility index (Phi) is 2.78. The van der Waals surface area contributed by atoms with Crippen molar-refractivity contribution in [3.05, 3.63) is 35.8 Å². The quantitative estimate of drug-likeness (QED) is 0.839. The first-order valence-electron chi connectivity index (χ1n) is 5.03. The van der Waals surface area contributed by atoms with Crippen LogP contribution in [0.5, 0.6) is 0 Å². The number of rotatable bonds is 3. The number of hydrogen-bond donors (Lipinski definition) is 2. The lowest BCUT2D eigenvalue weighted by Gasteiger charge is -2.07. The highest BCUT2D eigenvalue weighted by Gasteiger charge is 2.11. The number of aromatic nitrogens is 3. The van der Waals surface area contributed by atoms with Crippen LogP contribution in [0.4, 0.5) is 11.5 Å². The van der Waals surface area contributed by atoms with Gasteiger partial charge in [-0.1, -0.05) is 0 Å². The molecular formula is C11H12N4O2. The largest absolute Gasteiger partial charge is 0.478 e. The van der Waals surface area contributed by atoms with Gasteiger partial charge in [-0.05, 0) is 13.0 Å². The van der Waals surface area contributed by atoms with Gasteiger partial charge in [0.2, 0.25) is 0 Å². The fraction of sp³-hybridized carbons (Fsp3) is 0.182. The summed E-state index contributed by atoms with van der Waals surface area (Å²) in [4.78, 5) is 15.0. The zero-order valence-electron chi connectivity index (χ0n) is 9.51. The summed E-state index contributed by atoms with van der Waals surface area (Å²) in [6.45, 7) is 1.80. The molecule has 17 heavy (non-hydrogen) atoms. The number of carboxylic acid groups (broad SMARTS) is 1. The molecule has 2 N–H and O–H groups in total. The number of anilines is 2. The Morgan fingerprint density at radius 2 is 2.29 bits per heavy atom. The van der Waals surface area contributed by atoms with Crippen molar-refractivity contribution >= 4 is 17.5 Å². The van der Waals surface area contributed by atoms with Gasteiger partial charge in [-0.3, -0.25) is 9.67 Å². The van der Waals surface area contributed by atoms with Crippen molar-refractivity contribution < 1.29 is 9.90 Å². The SMILES string of the molecule is Cc1cc(Nc2ccn(C)n2)c(C(=O)O)cn1. The zero-order chi connectivity index (χ0) is 12.4. The molecular weight excluding hydrogens is 220 g/mol. The van der Waals surface area contributed by atoms with E-state index in [-0.39, 0.29) is 5.56 Å². The van der Waals surface area contributed by atoms with E-state index in [1.807, 2.05) is 0 Å². The van der Waals surface area contributed by atoms with Crippen LogP contribution >= 0.6 is 0 Å². The topological polar surface area (TPSA) is 80.0 Å². The van der Waals surface area contributed by atoms with Crippen molar-refractivity contribution in [2.24, 2.45) is 7.05 Å². The molecule has 0 aliphatic carbocycles. The lowest BCUT2D eigenvalue weighted by Crippen LogP contribution is -2.05. The third kappa shape index (κ3) is 2.41. The van der Waals surface area contributed by atoms with Gasteiger partial charge in [-0.25, -0.2) is 4.79 Å². The molecule has 2 heterocycles. The van der Waals surface area contributed by atoms with Crippen LogP contribution in [0, 0.1) is 6.92 Å². The summed E-state index contributed by atoms with van der Waals surface area (Å²) in [5.74, 6) is -0.420. The maximum atomic E-state index is 11.0. The van der Waals surface area contributed by atoms with Crippen LogP contribution in [0.15, 0.2) is 24.5 Å². The van der Waals surface area contributed by atoms with Gasteiger partial charge in [0.15, 0.2) is 5.82 Å². The monoisotopic (exact) mass is 232 g/mol. The highest BCUT2D eigenvalue weighted by molar-refractivity contribution is 5.94. The van der Waals surface area contributed by atoms with Gasteiger partial charge in [0.1, 0.15) is 5.56 Å². The van der Waals surface area contributed by atoms with Crippen LogP contribution in [-0.2, 0) is 7.05 Å². The van der Waals surface area contributed by atoms with Gasteiger partial charge in [0.25, 0.3) is 0 Å². The molecule has 0 bridgehead atoms. The number of aryl methyl sites for hydroxylation is 2. The lowest BCUT2D eigenvalue weighted by molar-refractivity contribution is 0.0697. The van der Waals surface area contributed by atoms with E-state index in [9.17, 15) is 4.79 Å². The minimum Gasteiger partial charge on any atom is -0.478 e. The number of pyridine rings is 1. The number of nitrogens with zero attached hydrogens (tertiary/aromatic N) is 3. The maximum absolute atomic E-state index is 11.0. The number of carbonyl (C=O) groups is 1. The Morgan fingerprint density at radius 1 is 1.53 bits per heavy atom. The normalized spacial score (nSPS) is 10.2. The van der Waals surface area contributed by atoms with Gasteiger partial charge in [0.05, 0.1) is 5.69 Å². The van der Waals surface area contributed by atoms with Crippen LogP contribution in [0.2, 0.25) is 0 Å². The highest BCUT2D eigenvalue weighted by atomic mass is 16.4. The fourth-order valence-corrected chi connectivity index (χ4v) is 1.45. The average Bonchev–Trinajstić information content (AvgIpc) is 2.63. The number of nitrogens with one attached hydrogen (secondary N) is 1. The van der Waals surface area contributed by atoms with E-state index in [0.29, 0.717) is 11.5 Å². The van der Waals surface area contributed by atoms with Crippen molar-refractivity contribution in [3.63, 3.8) is 0 Å². The van der Waals surface area contributed by atoms with E-state index in [1.165, 1.54) is 6.20 Å². The van der Waals surface area contributed by atoms with E-state index in [1.54, 1.807) is 37.0 Å². The molecule has 0 aromatic carbocycles. The first-order valence-corrected chi connectivity index (χ1v) is 5.03. The third-order valence-electron chi connectivity index (χ3n) is 2.25. The second-order valence-corrected chi connectivity index (χ2v) is 3.68. The molecule has 6 heteroatoms. The van der Waals surface area contributed by atoms with Crippen LogP contribution in [0.25, 0.3) is 0 Å². The number of carboxylic acids is 1. The van der Waals surface area contributed by atoms with E-state index < -0.39 is 5.97 Å². The molecule has 2 rings (SSSR count). The summed E-state index contributed by atoms with van der Waals surface area (Å²) >= 11 is 0. The van der Waals surface area contributed by atoms with E-state index >= 15 is 0 Å². The predicted octanol–water partition coefficient (Wildman–Crippen LogP) is 1.57. The maximum Gasteiger partial charge on any atom is 0.339 e. The summed E-state index contributed by atoms with van der Waals surface area (Å²) in [6, 6.07) is 3.44. The van der Waals surface area contributed by atoms with Crippen molar-refractivity contribution in [2.45, 2.75) is 6.92 Å². The van der Waals surface area contributed by atoms with Gasteiger partial charge < -0.3 is 10.4 Å². The molecule has 2 aromatic rings. The number of aromatic carboxylic acids is 1. The molecule has 0 aliphatic rings. The second kappa shape index (κ2) is 4.25. The van der Waals surface area contributed by atoms with Gasteiger partial charge >= 0.3 is 5.97 Å². The Bertz CT molecular complexity index is 562. The molecule has 0 aliphatic heterocycles. The molecule has 0 fully saturated rings. The molecule has 0 radical (unpaired) electrons. The number of hydrogen-bond acceptors (Lipinski definition) is 4. The lowest BCUT2D eigenvalue weighted by atomic mass is 10.2. The second-order valence-electron chi connectivity index (χ2n) is 3.68. The third-order valence-corrected chi connectivity index (χ3v) is 2.25. The summed E-state index contributed by atoms with van der Waals surface area (Å²) in [6.07, 6.45) is 3.11. The van der Waals surface area contributed by atoms with Crippen LogP contribution in [0.3, 0.4) is 0 Å². The fourth-order valence-electron chi connectivity index (χ4n) is 1.45. The summed E-state index contributed by atoms with van der Waals surface area (Å²) in [5.41, 5.74) is 1.36. The Labute approximate surface area is 97.9 Å². The summed E-state index contributed by atoms with van der Waals surface area (Å²) in [5, 5.41) is 16.1. The van der Waals surface area contributed by atoms with Crippen LogP contribution in [0.1, 0.15) is 16.1 Å². The molecule has 0 amide bonds. The summed E-state index contributed by atoms with van der Waals surface area (Å²) < 4.78 is 1.64. The van der Waals surface area contributed by atoms with Crippen molar-refractivity contribution in [3.8, 4) is 0 Å². The van der Waals surface area contributed by atoms with Crippen molar-refractivity contribution in [2.75, 3.05) is 5.32 Å². The predicted molar refractivity (Wildman–Crippen MR) is 62.4 cm³/mol. The molecule has 6 nitrogen and oxygen atoms in total. The van der Waals surface area contributed by atoms with E-state index in [4.69, 9.17) is 5.11 Å². The van der Waals surface area contributed by atoms with E-state index in [2.05, 4.69) is 15.4 Å². The first kappa shape index (κ1) is 11.1. The smallest absolute Gasteiger partial charge is 0.339 e. The summed E-state index contributed by atoms with van der Waals surface area (Å²) in [7, 11) is 1.79. The van der Waals surface area contributed by atoms with Crippen LogP contribution in [-0.4, -0.2) is 25.8 Å². The molecule has 0 saturated heterocycles. The highest BCUT2D eigenvalue weighted by Crippen LogP contribution is 2.19. The minimum atomic E-state index is -1.02. The average molecular weight is 232 g/mol. The van der Waals surface area contributed by atoms with Gasteiger partial charge in [-0.15, -0.1) is 0 Å². The zero-order valence-corrected chi connectivity index (χ0v) is 9.51. The molecule has 0 atom stereocenters. The van der Waals surface area contributed by atoms with Gasteiger partial charge in [0, 0.05) is 31.2 Å². The molecule has 88 valence electrons. The molecule has 0 saturated carbocycles. The van der Waals surface area contributed by atoms with Crippen LogP contribution < -0.4 is 5.32 Å². The standard InChI is InChI=1S/C11H12N4O2/c1-7-5-9(8(6-12-7)11(16)17)13-10-3-4-15(2)14-10/h3-6H,1-2H3,(H,16,17)(H,12,13,14). The Morgan fingerprint density at radius 3 is 2.88 bits per heavy atom.